The Balaban J connectivity index is 3.77. The molecular formula is C13H27N3. The van der Waals surface area contributed by atoms with Crippen molar-refractivity contribution in [3.05, 3.63) is 0 Å². The Labute approximate surface area is 101 Å². The van der Waals surface area contributed by atoms with Crippen molar-refractivity contribution in [3.63, 3.8) is 0 Å². The number of nitriles is 1. The first-order valence-corrected chi connectivity index (χ1v) is 6.30. The Morgan fingerprint density at radius 1 is 1.06 bits per heavy atom. The highest BCUT2D eigenvalue weighted by Gasteiger charge is 2.07. The van der Waals surface area contributed by atoms with Crippen LogP contribution in [0.1, 0.15) is 33.1 Å². The summed E-state index contributed by atoms with van der Waals surface area (Å²) < 4.78 is 0. The SMILES string of the molecule is CC(C)CN(CCCCC#N)CCN(C)C. The molecular weight excluding hydrogens is 198 g/mol. The predicted molar refractivity (Wildman–Crippen MR) is 69.3 cm³/mol. The lowest BCUT2D eigenvalue weighted by molar-refractivity contribution is 0.216. The summed E-state index contributed by atoms with van der Waals surface area (Å²) >= 11 is 0. The van der Waals surface area contributed by atoms with Crippen molar-refractivity contribution in [2.45, 2.75) is 33.1 Å². The highest BCUT2D eigenvalue weighted by atomic mass is 15.2. The Morgan fingerprint density at radius 3 is 2.25 bits per heavy atom. The van der Waals surface area contributed by atoms with Crippen LogP contribution in [0.3, 0.4) is 0 Å². The van der Waals surface area contributed by atoms with E-state index in [9.17, 15) is 0 Å². The molecule has 0 radical (unpaired) electrons. The zero-order valence-electron chi connectivity index (χ0n) is 11.4. The van der Waals surface area contributed by atoms with Gasteiger partial charge in [-0.05, 0) is 39.4 Å². The van der Waals surface area contributed by atoms with Crippen LogP contribution in [0, 0.1) is 17.2 Å². The summed E-state index contributed by atoms with van der Waals surface area (Å²) in [4.78, 5) is 4.74. The van der Waals surface area contributed by atoms with E-state index < -0.39 is 0 Å². The maximum absolute atomic E-state index is 8.48. The van der Waals surface area contributed by atoms with Gasteiger partial charge >= 0.3 is 0 Å². The molecule has 3 nitrogen and oxygen atoms in total. The topological polar surface area (TPSA) is 30.3 Å². The third-order valence-electron chi connectivity index (χ3n) is 2.50. The summed E-state index contributed by atoms with van der Waals surface area (Å²) in [6.45, 7) is 9.08. The summed E-state index contributed by atoms with van der Waals surface area (Å²) in [7, 11) is 4.23. The lowest BCUT2D eigenvalue weighted by Crippen LogP contribution is -2.35. The smallest absolute Gasteiger partial charge is 0.0621 e. The van der Waals surface area contributed by atoms with Gasteiger partial charge in [0.25, 0.3) is 0 Å². The number of unbranched alkanes of at least 4 members (excludes halogenated alkanes) is 2. The lowest BCUT2D eigenvalue weighted by Gasteiger charge is -2.25. The summed E-state index contributed by atoms with van der Waals surface area (Å²) in [5.74, 6) is 0.720. The van der Waals surface area contributed by atoms with E-state index in [2.05, 4.69) is 43.8 Å². The maximum Gasteiger partial charge on any atom is 0.0621 e. The fraction of sp³-hybridized carbons (Fsp3) is 0.923. The molecule has 0 heterocycles. The number of likely N-dealkylation sites (N-methyl/N-ethyl adjacent to an activating group) is 1. The van der Waals surface area contributed by atoms with Gasteiger partial charge in [-0.3, -0.25) is 0 Å². The number of nitrogens with zero attached hydrogens (tertiary/aromatic N) is 3. The van der Waals surface area contributed by atoms with Crippen molar-refractivity contribution >= 4 is 0 Å². The fourth-order valence-corrected chi connectivity index (χ4v) is 1.69. The highest BCUT2D eigenvalue weighted by Crippen LogP contribution is 2.03. The van der Waals surface area contributed by atoms with E-state index in [0.29, 0.717) is 6.42 Å². The number of hydrogen-bond donors (Lipinski definition) is 0. The van der Waals surface area contributed by atoms with E-state index >= 15 is 0 Å². The zero-order valence-corrected chi connectivity index (χ0v) is 11.4. The monoisotopic (exact) mass is 225 g/mol. The fourth-order valence-electron chi connectivity index (χ4n) is 1.69. The molecule has 0 saturated carbocycles. The van der Waals surface area contributed by atoms with Crippen LogP contribution in [0.25, 0.3) is 0 Å². The van der Waals surface area contributed by atoms with E-state index in [0.717, 1.165) is 38.4 Å². The molecule has 0 bridgehead atoms. The molecule has 0 atom stereocenters. The van der Waals surface area contributed by atoms with Crippen LogP contribution < -0.4 is 0 Å². The van der Waals surface area contributed by atoms with Crippen LogP contribution in [-0.2, 0) is 0 Å². The average Bonchev–Trinajstić information content (AvgIpc) is 2.19. The van der Waals surface area contributed by atoms with Gasteiger partial charge in [-0.25, -0.2) is 0 Å². The van der Waals surface area contributed by atoms with Gasteiger partial charge in [0.2, 0.25) is 0 Å². The molecule has 0 aliphatic heterocycles. The Kier molecular flexibility index (Phi) is 9.27. The Bertz CT molecular complexity index is 194. The Morgan fingerprint density at radius 2 is 1.75 bits per heavy atom. The number of hydrogen-bond acceptors (Lipinski definition) is 3. The van der Waals surface area contributed by atoms with E-state index in [-0.39, 0.29) is 0 Å². The maximum atomic E-state index is 8.48. The van der Waals surface area contributed by atoms with Crippen LogP contribution in [0.4, 0.5) is 0 Å². The second kappa shape index (κ2) is 9.62. The molecule has 0 aromatic heterocycles. The molecule has 0 aliphatic rings. The first-order valence-electron chi connectivity index (χ1n) is 6.30. The molecule has 0 aromatic carbocycles. The molecule has 0 unspecified atom stereocenters. The third-order valence-corrected chi connectivity index (χ3v) is 2.50. The van der Waals surface area contributed by atoms with Crippen LogP contribution in [0.2, 0.25) is 0 Å². The van der Waals surface area contributed by atoms with Crippen molar-refractivity contribution in [1.29, 1.82) is 5.26 Å². The molecule has 16 heavy (non-hydrogen) atoms. The quantitative estimate of drug-likeness (QED) is 0.564. The molecule has 94 valence electrons. The first-order chi connectivity index (χ1) is 7.56. The highest BCUT2D eigenvalue weighted by molar-refractivity contribution is 4.69. The van der Waals surface area contributed by atoms with Gasteiger partial charge in [0.15, 0.2) is 0 Å². The summed E-state index contributed by atoms with van der Waals surface area (Å²) in [6.07, 6.45) is 2.88. The molecule has 0 rings (SSSR count). The summed E-state index contributed by atoms with van der Waals surface area (Å²) in [6, 6.07) is 2.21. The van der Waals surface area contributed by atoms with Crippen molar-refractivity contribution in [2.75, 3.05) is 40.3 Å². The second-order valence-electron chi connectivity index (χ2n) is 5.11. The predicted octanol–water partition coefficient (Wildman–Crippen LogP) is 2.20. The van der Waals surface area contributed by atoms with Crippen molar-refractivity contribution in [2.24, 2.45) is 5.92 Å². The van der Waals surface area contributed by atoms with E-state index in [1.807, 2.05) is 0 Å². The van der Waals surface area contributed by atoms with Crippen molar-refractivity contribution in [3.8, 4) is 6.07 Å². The molecule has 0 fully saturated rings. The van der Waals surface area contributed by atoms with Gasteiger partial charge in [0.1, 0.15) is 0 Å². The lowest BCUT2D eigenvalue weighted by atomic mass is 10.2. The number of rotatable bonds is 9. The molecule has 0 aliphatic carbocycles. The van der Waals surface area contributed by atoms with Gasteiger partial charge < -0.3 is 9.80 Å². The van der Waals surface area contributed by atoms with Gasteiger partial charge in [0, 0.05) is 26.1 Å². The molecule has 0 N–H and O–H groups in total. The third kappa shape index (κ3) is 9.95. The molecule has 0 amide bonds. The normalized spacial score (nSPS) is 11.4. The van der Waals surface area contributed by atoms with E-state index in [1.165, 1.54) is 6.54 Å². The molecule has 0 spiro atoms. The minimum absolute atomic E-state index is 0.698. The minimum Gasteiger partial charge on any atom is -0.308 e. The zero-order chi connectivity index (χ0) is 12.4. The van der Waals surface area contributed by atoms with Crippen molar-refractivity contribution < 1.29 is 0 Å². The van der Waals surface area contributed by atoms with Gasteiger partial charge in [-0.15, -0.1) is 0 Å². The van der Waals surface area contributed by atoms with E-state index in [4.69, 9.17) is 5.26 Å². The molecule has 0 aromatic rings. The summed E-state index contributed by atoms with van der Waals surface area (Å²) in [5, 5.41) is 8.48. The van der Waals surface area contributed by atoms with Gasteiger partial charge in [-0.1, -0.05) is 13.8 Å². The average molecular weight is 225 g/mol. The summed E-state index contributed by atoms with van der Waals surface area (Å²) in [5.41, 5.74) is 0. The molecule has 0 saturated heterocycles. The van der Waals surface area contributed by atoms with Gasteiger partial charge in [-0.2, -0.15) is 5.26 Å². The standard InChI is InChI=1S/C13H27N3/c1-13(2)12-16(11-10-15(3)4)9-7-5-6-8-14/h13H,5-7,9-12H2,1-4H3. The minimum atomic E-state index is 0.698. The second-order valence-corrected chi connectivity index (χ2v) is 5.11. The van der Waals surface area contributed by atoms with Crippen molar-refractivity contribution in [1.82, 2.24) is 9.80 Å². The van der Waals surface area contributed by atoms with Crippen LogP contribution >= 0.6 is 0 Å². The largest absolute Gasteiger partial charge is 0.308 e. The van der Waals surface area contributed by atoms with Crippen LogP contribution in [0.15, 0.2) is 0 Å². The first kappa shape index (κ1) is 15.4. The van der Waals surface area contributed by atoms with Crippen LogP contribution in [0.5, 0.6) is 0 Å². The molecule has 3 heteroatoms. The van der Waals surface area contributed by atoms with Gasteiger partial charge in [0.05, 0.1) is 6.07 Å². The Hall–Kier alpha value is -0.590. The van der Waals surface area contributed by atoms with E-state index in [1.54, 1.807) is 0 Å². The van der Waals surface area contributed by atoms with Crippen LogP contribution in [-0.4, -0.2) is 50.1 Å².